The fraction of sp³-hybridized carbons (Fsp3) is 0.323. The summed E-state index contributed by atoms with van der Waals surface area (Å²) in [4.78, 5) is 18.7. The molecule has 0 saturated carbocycles. The molecule has 0 fully saturated rings. The number of para-hydroxylation sites is 1. The number of ether oxygens (including phenoxy) is 1. The van der Waals surface area contributed by atoms with Crippen molar-refractivity contribution in [2.75, 3.05) is 26.7 Å². The molecule has 0 radical (unpaired) electrons. The van der Waals surface area contributed by atoms with E-state index in [4.69, 9.17) is 4.74 Å². The molecule has 0 atom stereocenters. The van der Waals surface area contributed by atoms with Crippen molar-refractivity contribution in [1.29, 1.82) is 0 Å². The van der Waals surface area contributed by atoms with Gasteiger partial charge in [0.15, 0.2) is 0 Å². The molecule has 0 unspecified atom stereocenters. The Balaban J connectivity index is 1.30. The number of benzene rings is 3. The lowest BCUT2D eigenvalue weighted by Gasteiger charge is -2.19. The average Bonchev–Trinajstić information content (AvgIpc) is 3.29. The van der Waals surface area contributed by atoms with Crippen molar-refractivity contribution in [2.45, 2.75) is 38.6 Å². The van der Waals surface area contributed by atoms with Crippen LogP contribution in [0.1, 0.15) is 51.9 Å². The second-order valence-corrected chi connectivity index (χ2v) is 9.83. The van der Waals surface area contributed by atoms with Crippen molar-refractivity contribution >= 4 is 16.8 Å². The summed E-state index contributed by atoms with van der Waals surface area (Å²) in [5, 5.41) is 4.32. The fourth-order valence-corrected chi connectivity index (χ4v) is 5.04. The lowest BCUT2D eigenvalue weighted by molar-refractivity contribution is 0.0954. The van der Waals surface area contributed by atoms with E-state index in [1.54, 1.807) is 0 Å². The van der Waals surface area contributed by atoms with Crippen LogP contribution in [0.2, 0.25) is 0 Å². The summed E-state index contributed by atoms with van der Waals surface area (Å²) >= 11 is 0. The van der Waals surface area contributed by atoms with Crippen LogP contribution in [0, 0.1) is 0 Å². The molecule has 0 spiro atoms. The largest absolute Gasteiger partial charge is 0.493 e. The lowest BCUT2D eigenvalue weighted by Crippen LogP contribution is -2.25. The highest BCUT2D eigenvalue weighted by atomic mass is 16.5. The van der Waals surface area contributed by atoms with Crippen molar-refractivity contribution in [3.63, 3.8) is 0 Å². The number of nitrogens with one attached hydrogen (secondary N) is 2. The second kappa shape index (κ2) is 11.4. The van der Waals surface area contributed by atoms with Gasteiger partial charge < -0.3 is 19.9 Å². The first kappa shape index (κ1) is 24.1. The zero-order valence-corrected chi connectivity index (χ0v) is 21.1. The van der Waals surface area contributed by atoms with Gasteiger partial charge in [0.25, 0.3) is 5.91 Å². The van der Waals surface area contributed by atoms with Crippen LogP contribution in [0.4, 0.5) is 0 Å². The van der Waals surface area contributed by atoms with Crippen molar-refractivity contribution in [3.05, 3.63) is 101 Å². The molecule has 1 amide bonds. The van der Waals surface area contributed by atoms with Gasteiger partial charge in [-0.05, 0) is 85.8 Å². The summed E-state index contributed by atoms with van der Waals surface area (Å²) in [6.45, 7) is 3.34. The van der Waals surface area contributed by atoms with Gasteiger partial charge in [0.05, 0.1) is 6.61 Å². The minimum atomic E-state index is -0.0487. The molecule has 2 bridgehead atoms. The number of H-pyrrole nitrogens is 1. The predicted octanol–water partition coefficient (Wildman–Crippen LogP) is 5.73. The molecule has 186 valence electrons. The molecule has 0 aliphatic carbocycles. The van der Waals surface area contributed by atoms with Gasteiger partial charge in [0.2, 0.25) is 0 Å². The van der Waals surface area contributed by atoms with Gasteiger partial charge in [0.1, 0.15) is 5.75 Å². The first-order valence-electron chi connectivity index (χ1n) is 13.0. The average molecular weight is 482 g/mol. The van der Waals surface area contributed by atoms with Crippen LogP contribution in [-0.4, -0.2) is 42.5 Å². The number of rotatable bonds is 4. The number of aromatic amines is 1. The SMILES string of the molecule is CN1CCCCCOc2ccc(C(=O)NCCc3c[nH]c4ccccc34)cc2Cc2cccc(c2)C1. The van der Waals surface area contributed by atoms with Gasteiger partial charge in [-0.3, -0.25) is 4.79 Å². The van der Waals surface area contributed by atoms with Crippen LogP contribution < -0.4 is 10.1 Å². The monoisotopic (exact) mass is 481 g/mol. The molecule has 2 heterocycles. The number of nitrogens with zero attached hydrogens (tertiary/aromatic N) is 1. The van der Waals surface area contributed by atoms with E-state index in [0.717, 1.165) is 55.6 Å². The minimum Gasteiger partial charge on any atom is -0.493 e. The first-order valence-corrected chi connectivity index (χ1v) is 13.0. The van der Waals surface area contributed by atoms with E-state index in [1.165, 1.54) is 28.5 Å². The highest BCUT2D eigenvalue weighted by Gasteiger charge is 2.13. The standard InChI is InChI=1S/C31H35N3O2/c1-34-16-5-2-6-17-36-30-13-12-25(20-27(30)19-23-8-7-9-24(18-23)22-34)31(35)32-15-14-26-21-33-29-11-4-3-10-28(26)29/h3-4,7-13,18,20-21,33H,2,5-6,14-17,19,22H2,1H3,(H,32,35). The molecule has 5 rings (SSSR count). The minimum absolute atomic E-state index is 0.0487. The Morgan fingerprint density at radius 3 is 2.83 bits per heavy atom. The third-order valence-corrected chi connectivity index (χ3v) is 6.96. The fourth-order valence-electron chi connectivity index (χ4n) is 5.04. The molecule has 2 N–H and O–H groups in total. The van der Waals surface area contributed by atoms with Gasteiger partial charge in [-0.25, -0.2) is 0 Å². The normalized spacial score (nSPS) is 15.0. The second-order valence-electron chi connectivity index (χ2n) is 9.83. The van der Waals surface area contributed by atoms with Crippen molar-refractivity contribution in [3.8, 4) is 5.75 Å². The molecule has 1 aromatic heterocycles. The third kappa shape index (κ3) is 5.97. The van der Waals surface area contributed by atoms with Gasteiger partial charge in [0, 0.05) is 42.2 Å². The van der Waals surface area contributed by atoms with E-state index < -0.39 is 0 Å². The molecule has 36 heavy (non-hydrogen) atoms. The molecular formula is C31H35N3O2. The highest BCUT2D eigenvalue weighted by molar-refractivity contribution is 5.94. The van der Waals surface area contributed by atoms with Gasteiger partial charge >= 0.3 is 0 Å². The van der Waals surface area contributed by atoms with Crippen molar-refractivity contribution in [1.82, 2.24) is 15.2 Å². The Morgan fingerprint density at radius 2 is 1.89 bits per heavy atom. The van der Waals surface area contributed by atoms with E-state index in [9.17, 15) is 4.79 Å². The number of carbonyl (C=O) groups excluding carboxylic acids is 1. The Bertz CT molecular complexity index is 1330. The Morgan fingerprint density at radius 1 is 1.00 bits per heavy atom. The topological polar surface area (TPSA) is 57.4 Å². The molecular weight excluding hydrogens is 446 g/mol. The number of aromatic nitrogens is 1. The summed E-state index contributed by atoms with van der Waals surface area (Å²) in [5.74, 6) is 0.831. The number of fused-ring (bicyclic) bond motifs is 4. The molecule has 0 saturated heterocycles. The van der Waals surface area contributed by atoms with Crippen LogP contribution in [-0.2, 0) is 19.4 Å². The van der Waals surface area contributed by atoms with E-state index in [-0.39, 0.29) is 5.91 Å². The zero-order chi connectivity index (χ0) is 24.7. The maximum atomic E-state index is 13.0. The lowest BCUT2D eigenvalue weighted by atomic mass is 9.99. The smallest absolute Gasteiger partial charge is 0.251 e. The van der Waals surface area contributed by atoms with Crippen LogP contribution in [0.25, 0.3) is 10.9 Å². The first-order chi connectivity index (χ1) is 17.7. The van der Waals surface area contributed by atoms with Crippen molar-refractivity contribution < 1.29 is 9.53 Å². The highest BCUT2D eigenvalue weighted by Crippen LogP contribution is 2.25. The summed E-state index contributed by atoms with van der Waals surface area (Å²) in [5.41, 5.74) is 6.63. The van der Waals surface area contributed by atoms with Crippen LogP contribution in [0.15, 0.2) is 72.9 Å². The summed E-state index contributed by atoms with van der Waals surface area (Å²) in [6.07, 6.45) is 6.91. The van der Waals surface area contributed by atoms with Crippen molar-refractivity contribution in [2.24, 2.45) is 0 Å². The van der Waals surface area contributed by atoms with E-state index >= 15 is 0 Å². The number of hydrogen-bond donors (Lipinski definition) is 2. The number of carbonyl (C=O) groups is 1. The summed E-state index contributed by atoms with van der Waals surface area (Å²) < 4.78 is 6.19. The zero-order valence-electron chi connectivity index (χ0n) is 21.1. The number of amides is 1. The maximum absolute atomic E-state index is 13.0. The molecule has 1 aliphatic heterocycles. The van der Waals surface area contributed by atoms with Crippen LogP contribution in [0.3, 0.4) is 0 Å². The molecule has 5 heteroatoms. The Hall–Kier alpha value is -3.57. The van der Waals surface area contributed by atoms with Crippen LogP contribution >= 0.6 is 0 Å². The molecule has 5 nitrogen and oxygen atoms in total. The third-order valence-electron chi connectivity index (χ3n) is 6.96. The van der Waals surface area contributed by atoms with Gasteiger partial charge in [-0.2, -0.15) is 0 Å². The maximum Gasteiger partial charge on any atom is 0.251 e. The molecule has 1 aliphatic rings. The van der Waals surface area contributed by atoms with Gasteiger partial charge in [-0.15, -0.1) is 0 Å². The molecule has 3 aromatic carbocycles. The Labute approximate surface area is 213 Å². The van der Waals surface area contributed by atoms with E-state index in [0.29, 0.717) is 18.7 Å². The predicted molar refractivity (Wildman–Crippen MR) is 146 cm³/mol. The van der Waals surface area contributed by atoms with E-state index in [1.807, 2.05) is 36.5 Å². The summed E-state index contributed by atoms with van der Waals surface area (Å²) in [7, 11) is 2.19. The molecule has 4 aromatic rings. The van der Waals surface area contributed by atoms with E-state index in [2.05, 4.69) is 58.6 Å². The number of hydrogen-bond acceptors (Lipinski definition) is 3. The quantitative estimate of drug-likeness (QED) is 0.392. The van der Waals surface area contributed by atoms with Gasteiger partial charge in [-0.1, -0.05) is 42.5 Å². The van der Waals surface area contributed by atoms with Crippen LogP contribution in [0.5, 0.6) is 5.75 Å². The summed E-state index contributed by atoms with van der Waals surface area (Å²) in [6, 6.07) is 22.9. The Kier molecular flexibility index (Phi) is 7.67.